The third kappa shape index (κ3) is 4.33. The first-order valence-electron chi connectivity index (χ1n) is 7.80. The van der Waals surface area contributed by atoms with Crippen LogP contribution in [0.5, 0.6) is 0 Å². The van der Waals surface area contributed by atoms with Crippen LogP contribution in [0, 0.1) is 5.92 Å². The van der Waals surface area contributed by atoms with Crippen molar-refractivity contribution in [2.75, 3.05) is 46.4 Å². The van der Waals surface area contributed by atoms with Crippen LogP contribution in [-0.4, -0.2) is 79.9 Å². The van der Waals surface area contributed by atoms with Crippen LogP contribution in [0.3, 0.4) is 0 Å². The number of carbonyl (C=O) groups is 2. The number of piperazine rings is 1. The number of hydrogen-bond donors (Lipinski definition) is 1. The van der Waals surface area contributed by atoms with Gasteiger partial charge in [-0.3, -0.25) is 9.69 Å². The number of esters is 1. The van der Waals surface area contributed by atoms with E-state index in [-0.39, 0.29) is 24.0 Å². The van der Waals surface area contributed by atoms with E-state index in [1.165, 1.54) is 7.11 Å². The molecular weight excluding hydrogens is 286 g/mol. The normalized spacial score (nSPS) is 26.8. The van der Waals surface area contributed by atoms with Crippen LogP contribution >= 0.6 is 0 Å². The average molecular weight is 313 g/mol. The average Bonchev–Trinajstić information content (AvgIpc) is 2.65. The highest BCUT2D eigenvalue weighted by Crippen LogP contribution is 2.18. The highest BCUT2D eigenvalue weighted by molar-refractivity contribution is 5.73. The van der Waals surface area contributed by atoms with Crippen LogP contribution in [0.2, 0.25) is 0 Å². The Hall–Kier alpha value is -1.34. The van der Waals surface area contributed by atoms with Gasteiger partial charge in [0.2, 0.25) is 0 Å². The Labute approximate surface area is 131 Å². The molecule has 2 aliphatic heterocycles. The zero-order valence-electron chi connectivity index (χ0n) is 13.9. The molecule has 0 saturated carbocycles. The molecule has 0 spiro atoms. The minimum Gasteiger partial charge on any atom is -0.469 e. The molecule has 0 radical (unpaired) electrons. The Morgan fingerprint density at radius 3 is 2.50 bits per heavy atom. The third-order valence-electron chi connectivity index (χ3n) is 4.02. The minimum atomic E-state index is -0.480. The van der Waals surface area contributed by atoms with Crippen LogP contribution in [0.4, 0.5) is 4.79 Å². The molecule has 2 rings (SSSR count). The summed E-state index contributed by atoms with van der Waals surface area (Å²) in [5.41, 5.74) is -0.480. The second-order valence-corrected chi connectivity index (χ2v) is 6.95. The van der Waals surface area contributed by atoms with Gasteiger partial charge < -0.3 is 19.7 Å². The summed E-state index contributed by atoms with van der Waals surface area (Å²) in [4.78, 5) is 28.0. The van der Waals surface area contributed by atoms with Crippen molar-refractivity contribution in [1.82, 2.24) is 15.1 Å². The Kier molecular flexibility index (Phi) is 5.28. The summed E-state index contributed by atoms with van der Waals surface area (Å²) in [5.74, 6) is -0.328. The summed E-state index contributed by atoms with van der Waals surface area (Å²) < 4.78 is 10.3. The summed E-state index contributed by atoms with van der Waals surface area (Å²) in [6, 6.07) is 0.205. The van der Waals surface area contributed by atoms with E-state index >= 15 is 0 Å². The lowest BCUT2D eigenvalue weighted by Gasteiger charge is -2.41. The number of methoxy groups -OCH3 is 1. The molecule has 2 atom stereocenters. The lowest BCUT2D eigenvalue weighted by molar-refractivity contribution is -0.146. The molecule has 0 bridgehead atoms. The van der Waals surface area contributed by atoms with Crippen molar-refractivity contribution in [2.45, 2.75) is 32.4 Å². The Morgan fingerprint density at radius 1 is 1.14 bits per heavy atom. The van der Waals surface area contributed by atoms with Crippen molar-refractivity contribution >= 4 is 12.1 Å². The second-order valence-electron chi connectivity index (χ2n) is 6.95. The van der Waals surface area contributed by atoms with E-state index in [2.05, 4.69) is 10.2 Å². The molecule has 7 heteroatoms. The molecule has 0 aromatic heterocycles. The van der Waals surface area contributed by atoms with Crippen molar-refractivity contribution in [3.63, 3.8) is 0 Å². The van der Waals surface area contributed by atoms with E-state index in [1.54, 1.807) is 4.90 Å². The molecule has 0 aliphatic carbocycles. The fraction of sp³-hybridized carbons (Fsp3) is 0.867. The van der Waals surface area contributed by atoms with E-state index < -0.39 is 5.60 Å². The number of rotatable bonds is 1. The number of nitrogens with one attached hydrogen (secondary N) is 1. The standard InChI is InChI=1S/C15H27N3O4/c1-15(2,3)22-14(20)18-6-5-17-9-11(13(19)21-4)7-16-8-12(17)10-18/h11-12,16H,5-10H2,1-4H3. The SMILES string of the molecule is COC(=O)C1CNCC2CN(C(=O)OC(C)(C)C)CCN2C1. The monoisotopic (exact) mass is 313 g/mol. The molecule has 2 saturated heterocycles. The highest BCUT2D eigenvalue weighted by Gasteiger charge is 2.36. The van der Waals surface area contributed by atoms with Gasteiger partial charge in [0.1, 0.15) is 5.60 Å². The van der Waals surface area contributed by atoms with E-state index in [9.17, 15) is 9.59 Å². The van der Waals surface area contributed by atoms with Crippen molar-refractivity contribution in [3.05, 3.63) is 0 Å². The minimum absolute atomic E-state index is 0.150. The predicted molar refractivity (Wildman–Crippen MR) is 81.5 cm³/mol. The predicted octanol–water partition coefficient (Wildman–Crippen LogP) is 0.300. The topological polar surface area (TPSA) is 71.1 Å². The quantitative estimate of drug-likeness (QED) is 0.702. The Bertz CT molecular complexity index is 422. The smallest absolute Gasteiger partial charge is 0.410 e. The summed E-state index contributed by atoms with van der Waals surface area (Å²) in [5, 5.41) is 3.30. The van der Waals surface area contributed by atoms with Gasteiger partial charge in [-0.1, -0.05) is 0 Å². The maximum Gasteiger partial charge on any atom is 0.410 e. The molecule has 1 N–H and O–H groups in total. The fourth-order valence-electron chi connectivity index (χ4n) is 2.92. The van der Waals surface area contributed by atoms with Crippen molar-refractivity contribution in [3.8, 4) is 0 Å². The molecule has 126 valence electrons. The molecule has 2 heterocycles. The van der Waals surface area contributed by atoms with Crippen molar-refractivity contribution < 1.29 is 19.1 Å². The molecule has 2 fully saturated rings. The van der Waals surface area contributed by atoms with Gasteiger partial charge in [-0.15, -0.1) is 0 Å². The first-order chi connectivity index (χ1) is 10.3. The molecular formula is C15H27N3O4. The second kappa shape index (κ2) is 6.83. The fourth-order valence-corrected chi connectivity index (χ4v) is 2.92. The highest BCUT2D eigenvalue weighted by atomic mass is 16.6. The van der Waals surface area contributed by atoms with E-state index in [0.717, 1.165) is 13.1 Å². The lowest BCUT2D eigenvalue weighted by Crippen LogP contribution is -2.57. The zero-order chi connectivity index (χ0) is 16.3. The molecule has 22 heavy (non-hydrogen) atoms. The maximum atomic E-state index is 12.2. The largest absolute Gasteiger partial charge is 0.469 e. The summed E-state index contributed by atoms with van der Waals surface area (Å²) in [7, 11) is 1.42. The molecule has 1 amide bonds. The maximum absolute atomic E-state index is 12.2. The number of hydrogen-bond acceptors (Lipinski definition) is 6. The molecule has 7 nitrogen and oxygen atoms in total. The third-order valence-corrected chi connectivity index (χ3v) is 4.02. The number of amides is 1. The van der Waals surface area contributed by atoms with Crippen LogP contribution in [0.1, 0.15) is 20.8 Å². The van der Waals surface area contributed by atoms with Gasteiger partial charge in [0.15, 0.2) is 0 Å². The van der Waals surface area contributed by atoms with E-state index in [1.807, 2.05) is 20.8 Å². The van der Waals surface area contributed by atoms with Gasteiger partial charge in [-0.25, -0.2) is 4.79 Å². The Balaban J connectivity index is 1.94. The van der Waals surface area contributed by atoms with Gasteiger partial charge >= 0.3 is 12.1 Å². The first-order valence-corrected chi connectivity index (χ1v) is 7.80. The molecule has 2 aliphatic rings. The van der Waals surface area contributed by atoms with Crippen LogP contribution in [0.15, 0.2) is 0 Å². The lowest BCUT2D eigenvalue weighted by atomic mass is 10.1. The van der Waals surface area contributed by atoms with Crippen LogP contribution in [0.25, 0.3) is 0 Å². The number of carbonyl (C=O) groups excluding carboxylic acids is 2. The molecule has 0 aromatic carbocycles. The zero-order valence-corrected chi connectivity index (χ0v) is 13.9. The van der Waals surface area contributed by atoms with Gasteiger partial charge in [0.25, 0.3) is 0 Å². The van der Waals surface area contributed by atoms with Crippen LogP contribution < -0.4 is 5.32 Å². The first kappa shape index (κ1) is 17.0. The van der Waals surface area contributed by atoms with Gasteiger partial charge in [-0.2, -0.15) is 0 Å². The van der Waals surface area contributed by atoms with Gasteiger partial charge in [0, 0.05) is 45.3 Å². The molecule has 2 unspecified atom stereocenters. The van der Waals surface area contributed by atoms with E-state index in [4.69, 9.17) is 9.47 Å². The van der Waals surface area contributed by atoms with Gasteiger partial charge in [0.05, 0.1) is 13.0 Å². The van der Waals surface area contributed by atoms with E-state index in [0.29, 0.717) is 26.2 Å². The van der Waals surface area contributed by atoms with Crippen LogP contribution in [-0.2, 0) is 14.3 Å². The molecule has 0 aromatic rings. The number of fused-ring (bicyclic) bond motifs is 1. The number of nitrogens with zero attached hydrogens (tertiary/aromatic N) is 2. The summed E-state index contributed by atoms with van der Waals surface area (Å²) in [6.07, 6.45) is -0.263. The Morgan fingerprint density at radius 2 is 1.86 bits per heavy atom. The van der Waals surface area contributed by atoms with Gasteiger partial charge in [-0.05, 0) is 20.8 Å². The summed E-state index contributed by atoms with van der Waals surface area (Å²) in [6.45, 7) is 9.65. The number of ether oxygens (including phenoxy) is 2. The van der Waals surface area contributed by atoms with Crippen molar-refractivity contribution in [2.24, 2.45) is 5.92 Å². The summed E-state index contributed by atoms with van der Waals surface area (Å²) >= 11 is 0. The van der Waals surface area contributed by atoms with Crippen molar-refractivity contribution in [1.29, 1.82) is 0 Å².